The van der Waals surface area contributed by atoms with Crippen molar-refractivity contribution in [1.82, 2.24) is 9.96 Å². The third-order valence-electron chi connectivity index (χ3n) is 3.49. The van der Waals surface area contributed by atoms with Crippen molar-refractivity contribution < 1.29 is 28.8 Å². The van der Waals surface area contributed by atoms with Crippen molar-refractivity contribution >= 4 is 29.6 Å². The number of nitrogens with zero attached hydrogens (tertiary/aromatic N) is 2. The van der Waals surface area contributed by atoms with Gasteiger partial charge in [0.2, 0.25) is 0 Å². The zero-order valence-corrected chi connectivity index (χ0v) is 12.1. The molecule has 0 aromatic carbocycles. The molecule has 2 aliphatic rings. The highest BCUT2D eigenvalue weighted by molar-refractivity contribution is 6.13. The summed E-state index contributed by atoms with van der Waals surface area (Å²) in [7, 11) is 0. The standard InChI is InChI=1S/C14H16N2O6/c1-9(15-10(17)5-6-11(15)18)3-2-4-14(21)22-16-12(19)7-8-13(16)20/h5-6,9H,2-4,7-8H2,1H3. The minimum Gasteiger partial charge on any atom is -0.330 e. The second-order valence-electron chi connectivity index (χ2n) is 5.17. The lowest BCUT2D eigenvalue weighted by Crippen LogP contribution is -2.38. The first-order valence-electron chi connectivity index (χ1n) is 7.02. The van der Waals surface area contributed by atoms with Gasteiger partial charge in [0.25, 0.3) is 23.6 Å². The number of carbonyl (C=O) groups is 5. The Kier molecular flexibility index (Phi) is 4.69. The number of rotatable bonds is 6. The molecule has 0 radical (unpaired) electrons. The zero-order chi connectivity index (χ0) is 16.3. The monoisotopic (exact) mass is 308 g/mol. The predicted octanol–water partition coefficient (Wildman–Crippen LogP) is 0.0774. The van der Waals surface area contributed by atoms with E-state index in [1.807, 2.05) is 0 Å². The molecule has 2 aliphatic heterocycles. The number of carbonyl (C=O) groups excluding carboxylic acids is 5. The highest BCUT2D eigenvalue weighted by atomic mass is 16.7. The second kappa shape index (κ2) is 6.50. The molecule has 1 fully saturated rings. The van der Waals surface area contributed by atoms with Gasteiger partial charge in [-0.25, -0.2) is 4.79 Å². The Morgan fingerprint density at radius 3 is 2.23 bits per heavy atom. The van der Waals surface area contributed by atoms with Gasteiger partial charge in [-0.05, 0) is 19.8 Å². The number of hydrogen-bond donors (Lipinski definition) is 0. The Bertz CT molecular complexity index is 534. The van der Waals surface area contributed by atoms with E-state index in [0.29, 0.717) is 17.9 Å². The van der Waals surface area contributed by atoms with Crippen molar-refractivity contribution in [3.63, 3.8) is 0 Å². The maximum atomic E-state index is 11.6. The fraction of sp³-hybridized carbons (Fsp3) is 0.500. The molecule has 1 atom stereocenters. The average Bonchev–Trinajstić information content (AvgIpc) is 2.95. The summed E-state index contributed by atoms with van der Waals surface area (Å²) in [6.45, 7) is 1.71. The first-order valence-corrected chi connectivity index (χ1v) is 7.02. The van der Waals surface area contributed by atoms with Crippen LogP contribution in [0.5, 0.6) is 0 Å². The Balaban J connectivity index is 1.73. The zero-order valence-electron chi connectivity index (χ0n) is 12.1. The third kappa shape index (κ3) is 3.38. The summed E-state index contributed by atoms with van der Waals surface area (Å²) in [5.41, 5.74) is 0. The fourth-order valence-corrected chi connectivity index (χ4v) is 2.32. The van der Waals surface area contributed by atoms with Crippen LogP contribution in [0.1, 0.15) is 39.0 Å². The molecule has 8 heteroatoms. The molecule has 1 saturated heterocycles. The largest absolute Gasteiger partial charge is 0.333 e. The van der Waals surface area contributed by atoms with Crippen molar-refractivity contribution in [2.24, 2.45) is 0 Å². The van der Waals surface area contributed by atoms with Crippen molar-refractivity contribution in [2.75, 3.05) is 0 Å². The maximum absolute atomic E-state index is 11.6. The Morgan fingerprint density at radius 1 is 1.14 bits per heavy atom. The normalized spacial score (nSPS) is 19.3. The van der Waals surface area contributed by atoms with Gasteiger partial charge < -0.3 is 4.84 Å². The van der Waals surface area contributed by atoms with E-state index in [1.165, 1.54) is 12.2 Å². The Morgan fingerprint density at radius 2 is 1.68 bits per heavy atom. The summed E-state index contributed by atoms with van der Waals surface area (Å²) in [5.74, 6) is -2.47. The van der Waals surface area contributed by atoms with Crippen LogP contribution in [0.4, 0.5) is 0 Å². The summed E-state index contributed by atoms with van der Waals surface area (Å²) in [6.07, 6.45) is 3.30. The molecule has 22 heavy (non-hydrogen) atoms. The summed E-state index contributed by atoms with van der Waals surface area (Å²) in [6, 6.07) is -0.335. The number of hydroxylamine groups is 2. The molecule has 0 bridgehead atoms. The number of hydrogen-bond acceptors (Lipinski definition) is 6. The van der Waals surface area contributed by atoms with Gasteiger partial charge in [0, 0.05) is 37.5 Å². The second-order valence-corrected chi connectivity index (χ2v) is 5.17. The SMILES string of the molecule is CC(CCCC(=O)ON1C(=O)CCC1=O)N1C(=O)C=CC1=O. The van der Waals surface area contributed by atoms with Crippen LogP contribution in [0.3, 0.4) is 0 Å². The maximum Gasteiger partial charge on any atom is 0.333 e. The van der Waals surface area contributed by atoms with Crippen LogP contribution in [-0.2, 0) is 28.8 Å². The molecule has 0 aliphatic carbocycles. The molecule has 0 N–H and O–H groups in total. The Hall–Kier alpha value is -2.51. The molecule has 2 heterocycles. The molecule has 2 rings (SSSR count). The van der Waals surface area contributed by atoms with Crippen LogP contribution in [0.25, 0.3) is 0 Å². The van der Waals surface area contributed by atoms with Crippen molar-refractivity contribution in [3.8, 4) is 0 Å². The van der Waals surface area contributed by atoms with Crippen molar-refractivity contribution in [1.29, 1.82) is 0 Å². The number of amides is 4. The van der Waals surface area contributed by atoms with E-state index in [1.54, 1.807) is 6.92 Å². The molecule has 118 valence electrons. The summed E-state index contributed by atoms with van der Waals surface area (Å²) < 4.78 is 0. The molecule has 0 aromatic rings. The number of imide groups is 2. The van der Waals surface area contributed by atoms with E-state index in [9.17, 15) is 24.0 Å². The topological polar surface area (TPSA) is 101 Å². The minimum absolute atomic E-state index is 0.00888. The van der Waals surface area contributed by atoms with Crippen LogP contribution >= 0.6 is 0 Å². The van der Waals surface area contributed by atoms with Gasteiger partial charge in [-0.15, -0.1) is 5.06 Å². The lowest BCUT2D eigenvalue weighted by atomic mass is 10.1. The van der Waals surface area contributed by atoms with E-state index in [-0.39, 0.29) is 37.1 Å². The minimum atomic E-state index is -0.687. The lowest BCUT2D eigenvalue weighted by Gasteiger charge is -2.22. The van der Waals surface area contributed by atoms with Gasteiger partial charge in [-0.3, -0.25) is 24.1 Å². The molecule has 4 amide bonds. The molecular formula is C14H16N2O6. The van der Waals surface area contributed by atoms with Crippen molar-refractivity contribution in [3.05, 3.63) is 12.2 Å². The smallest absolute Gasteiger partial charge is 0.330 e. The first kappa shape index (κ1) is 15.9. The molecule has 0 saturated carbocycles. The van der Waals surface area contributed by atoms with Gasteiger partial charge in [-0.1, -0.05) is 0 Å². The van der Waals surface area contributed by atoms with Crippen molar-refractivity contribution in [2.45, 2.75) is 45.1 Å². The van der Waals surface area contributed by atoms with E-state index < -0.39 is 17.8 Å². The van der Waals surface area contributed by atoms with Crippen LogP contribution in [0, 0.1) is 0 Å². The van der Waals surface area contributed by atoms with E-state index in [2.05, 4.69) is 0 Å². The molecule has 8 nitrogen and oxygen atoms in total. The average molecular weight is 308 g/mol. The van der Waals surface area contributed by atoms with Gasteiger partial charge in [0.15, 0.2) is 0 Å². The lowest BCUT2D eigenvalue weighted by molar-refractivity contribution is -0.197. The van der Waals surface area contributed by atoms with Crippen LogP contribution in [0.2, 0.25) is 0 Å². The highest BCUT2D eigenvalue weighted by Crippen LogP contribution is 2.16. The van der Waals surface area contributed by atoms with E-state index in [4.69, 9.17) is 4.84 Å². The highest BCUT2D eigenvalue weighted by Gasteiger charge is 2.33. The molecule has 1 unspecified atom stereocenters. The van der Waals surface area contributed by atoms with Gasteiger partial charge in [-0.2, -0.15) is 0 Å². The van der Waals surface area contributed by atoms with Crippen LogP contribution in [-0.4, -0.2) is 45.6 Å². The van der Waals surface area contributed by atoms with Gasteiger partial charge in [0.1, 0.15) is 0 Å². The predicted molar refractivity (Wildman–Crippen MR) is 71.5 cm³/mol. The van der Waals surface area contributed by atoms with E-state index in [0.717, 1.165) is 4.90 Å². The fourth-order valence-electron chi connectivity index (χ4n) is 2.32. The summed E-state index contributed by atoms with van der Waals surface area (Å²) >= 11 is 0. The molecular weight excluding hydrogens is 292 g/mol. The third-order valence-corrected chi connectivity index (χ3v) is 3.49. The van der Waals surface area contributed by atoms with E-state index >= 15 is 0 Å². The summed E-state index contributed by atoms with van der Waals surface area (Å²) in [4.78, 5) is 63.0. The molecule has 0 spiro atoms. The van der Waals surface area contributed by atoms with Gasteiger partial charge in [0.05, 0.1) is 0 Å². The summed E-state index contributed by atoms with van der Waals surface area (Å²) in [5, 5.41) is 0.503. The molecule has 0 aromatic heterocycles. The van der Waals surface area contributed by atoms with Crippen LogP contribution in [0.15, 0.2) is 12.2 Å². The van der Waals surface area contributed by atoms with Gasteiger partial charge >= 0.3 is 5.97 Å². The van der Waals surface area contributed by atoms with Crippen LogP contribution < -0.4 is 0 Å². The quantitative estimate of drug-likeness (QED) is 0.644. The first-order chi connectivity index (χ1) is 10.4. The Labute approximate surface area is 126 Å².